The van der Waals surface area contributed by atoms with Gasteiger partial charge in [-0.3, -0.25) is 25.0 Å². The average Bonchev–Trinajstić information content (AvgIpc) is 3.13. The minimum atomic E-state index is -1.40. The molecular weight excluding hydrogens is 650 g/mol. The van der Waals surface area contributed by atoms with Gasteiger partial charge in [0.2, 0.25) is 0 Å². The highest BCUT2D eigenvalue weighted by atomic mass is 16.6. The Morgan fingerprint density at radius 1 is 0.800 bits per heavy atom. The van der Waals surface area contributed by atoms with Crippen LogP contribution in [0.3, 0.4) is 0 Å². The summed E-state index contributed by atoms with van der Waals surface area (Å²) in [7, 11) is 1.34. The molecular formula is C36H37N3O11. The molecule has 2 N–H and O–H groups in total. The molecule has 1 aliphatic heterocycles. The Hall–Kier alpha value is -6.02. The third-order valence-electron chi connectivity index (χ3n) is 8.00. The fraction of sp³-hybridized carbons (Fsp3) is 0.278. The van der Waals surface area contributed by atoms with Gasteiger partial charge in [-0.1, -0.05) is 60.7 Å². The summed E-state index contributed by atoms with van der Waals surface area (Å²) in [6, 6.07) is 23.4. The largest absolute Gasteiger partial charge is 0.493 e. The van der Waals surface area contributed by atoms with Gasteiger partial charge in [0, 0.05) is 12.6 Å². The van der Waals surface area contributed by atoms with Gasteiger partial charge in [0.15, 0.2) is 11.5 Å². The highest BCUT2D eigenvalue weighted by Crippen LogP contribution is 2.35. The highest BCUT2D eigenvalue weighted by molar-refractivity contribution is 5.99. The molecule has 0 aromatic heterocycles. The van der Waals surface area contributed by atoms with E-state index in [1.165, 1.54) is 19.2 Å². The van der Waals surface area contributed by atoms with Crippen LogP contribution in [0.5, 0.6) is 17.2 Å². The molecule has 1 aliphatic rings. The number of likely N-dealkylation sites (tertiary alicyclic amines) is 1. The third-order valence-corrected chi connectivity index (χ3v) is 8.00. The lowest BCUT2D eigenvalue weighted by atomic mass is 10.00. The van der Waals surface area contributed by atoms with Crippen LogP contribution in [0.2, 0.25) is 0 Å². The van der Waals surface area contributed by atoms with Crippen LogP contribution in [0.4, 0.5) is 11.4 Å². The van der Waals surface area contributed by atoms with Crippen LogP contribution in [0.15, 0.2) is 84.9 Å². The van der Waals surface area contributed by atoms with E-state index in [0.29, 0.717) is 24.3 Å². The Bertz CT molecular complexity index is 1820. The van der Waals surface area contributed by atoms with E-state index in [9.17, 15) is 34.9 Å². The lowest BCUT2D eigenvalue weighted by Gasteiger charge is -2.34. The van der Waals surface area contributed by atoms with Gasteiger partial charge in [0.05, 0.1) is 41.7 Å². The molecule has 14 heteroatoms. The SMILES string of the molecule is COc1cc(C(=O)O)c([N+](=O)[O-])cc1OCc1ccccc1.Cc1cc(C(=O)N2CCCC[C@H]2CO)c([N+](=O)[O-])cc1OCc1ccccc1. The second kappa shape index (κ2) is 17.4. The number of carbonyl (C=O) groups is 2. The number of carboxylic acid groups (broad SMARTS) is 1. The van der Waals surface area contributed by atoms with Crippen molar-refractivity contribution >= 4 is 23.3 Å². The number of aliphatic hydroxyl groups excluding tert-OH is 1. The molecule has 262 valence electrons. The van der Waals surface area contributed by atoms with E-state index < -0.39 is 33.0 Å². The second-order valence-electron chi connectivity index (χ2n) is 11.4. The Labute approximate surface area is 287 Å². The number of hydrogen-bond acceptors (Lipinski definition) is 10. The molecule has 0 saturated carbocycles. The number of carboxylic acids is 1. The highest BCUT2D eigenvalue weighted by Gasteiger charge is 2.32. The summed E-state index contributed by atoms with van der Waals surface area (Å²) in [5, 5.41) is 41.2. The van der Waals surface area contributed by atoms with Crippen LogP contribution in [-0.2, 0) is 13.2 Å². The monoisotopic (exact) mass is 687 g/mol. The molecule has 0 radical (unpaired) electrons. The number of carbonyl (C=O) groups excluding carboxylic acids is 1. The quantitative estimate of drug-likeness (QED) is 0.125. The Morgan fingerprint density at radius 2 is 1.34 bits per heavy atom. The number of nitrogens with zero attached hydrogens (tertiary/aromatic N) is 3. The molecule has 5 rings (SSSR count). The van der Waals surface area contributed by atoms with E-state index in [-0.39, 0.29) is 48.6 Å². The van der Waals surface area contributed by atoms with Crippen molar-refractivity contribution in [3.63, 3.8) is 0 Å². The van der Waals surface area contributed by atoms with Crippen LogP contribution in [-0.4, -0.2) is 63.1 Å². The molecule has 4 aromatic carbocycles. The smallest absolute Gasteiger partial charge is 0.342 e. The van der Waals surface area contributed by atoms with Gasteiger partial charge >= 0.3 is 5.97 Å². The minimum absolute atomic E-state index is 0.0370. The molecule has 50 heavy (non-hydrogen) atoms. The maximum Gasteiger partial charge on any atom is 0.342 e. The number of ether oxygens (including phenoxy) is 3. The molecule has 1 saturated heterocycles. The molecule has 1 amide bonds. The van der Waals surface area contributed by atoms with E-state index in [0.717, 1.165) is 36.1 Å². The summed E-state index contributed by atoms with van der Waals surface area (Å²) in [5.41, 5.74) is 1.24. The number of hydrogen-bond donors (Lipinski definition) is 2. The van der Waals surface area contributed by atoms with Crippen molar-refractivity contribution in [2.45, 2.75) is 45.4 Å². The first-order valence-corrected chi connectivity index (χ1v) is 15.7. The average molecular weight is 688 g/mol. The maximum atomic E-state index is 13.0. The van der Waals surface area contributed by atoms with Crippen molar-refractivity contribution in [1.82, 2.24) is 4.90 Å². The van der Waals surface area contributed by atoms with Gasteiger partial charge in [-0.05, 0) is 48.9 Å². The molecule has 0 unspecified atom stereocenters. The van der Waals surface area contributed by atoms with Gasteiger partial charge in [-0.25, -0.2) is 4.79 Å². The maximum absolute atomic E-state index is 13.0. The molecule has 1 heterocycles. The number of piperidine rings is 1. The summed E-state index contributed by atoms with van der Waals surface area (Å²) in [5.74, 6) is -1.20. The van der Waals surface area contributed by atoms with Crippen LogP contribution in [0.25, 0.3) is 0 Å². The summed E-state index contributed by atoms with van der Waals surface area (Å²) in [4.78, 5) is 46.9. The molecule has 1 atom stereocenters. The topological polar surface area (TPSA) is 192 Å². The number of aliphatic hydroxyl groups is 1. The van der Waals surface area contributed by atoms with Gasteiger partial charge in [-0.15, -0.1) is 0 Å². The normalized spacial score (nSPS) is 13.7. The van der Waals surface area contributed by atoms with Crippen LogP contribution in [0, 0.1) is 27.2 Å². The van der Waals surface area contributed by atoms with Crippen LogP contribution in [0.1, 0.15) is 56.7 Å². The van der Waals surface area contributed by atoms with Gasteiger partial charge in [0.25, 0.3) is 17.3 Å². The fourth-order valence-electron chi connectivity index (χ4n) is 5.38. The molecule has 0 aliphatic carbocycles. The van der Waals surface area contributed by atoms with Gasteiger partial charge in [0.1, 0.15) is 30.1 Å². The Morgan fingerprint density at radius 3 is 1.86 bits per heavy atom. The van der Waals surface area contributed by atoms with Crippen molar-refractivity contribution < 1.29 is 43.9 Å². The fourth-order valence-corrected chi connectivity index (χ4v) is 5.38. The first kappa shape index (κ1) is 36.8. The third kappa shape index (κ3) is 9.32. The number of nitro benzene ring substituents is 2. The minimum Gasteiger partial charge on any atom is -0.493 e. The van der Waals surface area contributed by atoms with E-state index in [2.05, 4.69) is 0 Å². The number of nitro groups is 2. The summed E-state index contributed by atoms with van der Waals surface area (Å²) in [6.45, 7) is 2.58. The van der Waals surface area contributed by atoms with E-state index in [1.54, 1.807) is 11.8 Å². The van der Waals surface area contributed by atoms with E-state index in [4.69, 9.17) is 19.3 Å². The van der Waals surface area contributed by atoms with Crippen molar-refractivity contribution in [3.05, 3.63) is 133 Å². The van der Waals surface area contributed by atoms with E-state index >= 15 is 0 Å². The van der Waals surface area contributed by atoms with Crippen LogP contribution >= 0.6 is 0 Å². The standard InChI is InChI=1S/C21H24N2O5.C15H13NO6/c1-15-11-18(21(25)22-10-6-5-9-17(22)13-24)19(23(26)27)12-20(15)28-14-16-7-3-2-4-8-16;1-21-13-7-11(15(17)18)12(16(19)20)8-14(13)22-9-10-5-3-2-4-6-10/h2-4,7-8,11-12,17,24H,5-6,9-10,13-14H2,1H3;2-8H,9H2,1H3,(H,17,18)/t17-;/m0./s1. The summed E-state index contributed by atoms with van der Waals surface area (Å²) >= 11 is 0. The van der Waals surface area contributed by atoms with Gasteiger partial charge in [-0.2, -0.15) is 0 Å². The predicted octanol–water partition coefficient (Wildman–Crippen LogP) is 6.35. The number of aryl methyl sites for hydroxylation is 1. The lowest BCUT2D eigenvalue weighted by Crippen LogP contribution is -2.45. The first-order valence-electron chi connectivity index (χ1n) is 15.7. The summed E-state index contributed by atoms with van der Waals surface area (Å²) < 4.78 is 16.3. The number of rotatable bonds is 12. The predicted molar refractivity (Wildman–Crippen MR) is 182 cm³/mol. The zero-order valence-corrected chi connectivity index (χ0v) is 27.5. The molecule has 1 fully saturated rings. The molecule has 0 spiro atoms. The van der Waals surface area contributed by atoms with Crippen molar-refractivity contribution in [2.75, 3.05) is 20.3 Å². The van der Waals surface area contributed by atoms with Gasteiger partial charge < -0.3 is 29.3 Å². The number of methoxy groups -OCH3 is 1. The Kier molecular flexibility index (Phi) is 12.8. The van der Waals surface area contributed by atoms with Crippen molar-refractivity contribution in [1.29, 1.82) is 0 Å². The lowest BCUT2D eigenvalue weighted by molar-refractivity contribution is -0.385. The van der Waals surface area contributed by atoms with Crippen LogP contribution < -0.4 is 14.2 Å². The van der Waals surface area contributed by atoms with E-state index in [1.807, 2.05) is 60.7 Å². The molecule has 4 aromatic rings. The summed E-state index contributed by atoms with van der Waals surface area (Å²) in [6.07, 6.45) is 2.46. The molecule has 0 bridgehead atoms. The number of aromatic carboxylic acids is 1. The van der Waals surface area contributed by atoms with Crippen molar-refractivity contribution in [2.24, 2.45) is 0 Å². The van der Waals surface area contributed by atoms with Crippen molar-refractivity contribution in [3.8, 4) is 17.2 Å². The zero-order chi connectivity index (χ0) is 36.2. The zero-order valence-electron chi connectivity index (χ0n) is 27.5. The number of benzene rings is 4. The first-order chi connectivity index (χ1) is 24.0. The second-order valence-corrected chi connectivity index (χ2v) is 11.4. The Balaban J connectivity index is 0.000000232. The number of amides is 1. The molecule has 14 nitrogen and oxygen atoms in total.